The first-order valence-corrected chi connectivity index (χ1v) is 8.72. The van der Waals surface area contributed by atoms with E-state index in [2.05, 4.69) is 20.4 Å². The minimum atomic E-state index is -4.29. The van der Waals surface area contributed by atoms with Crippen molar-refractivity contribution < 1.29 is 22.6 Å². The molecule has 26 heavy (non-hydrogen) atoms. The maximum atomic E-state index is 12.0. The second kappa shape index (κ2) is 11.9. The molecule has 0 bridgehead atoms. The summed E-state index contributed by atoms with van der Waals surface area (Å²) in [7, 11) is 1.58. The van der Waals surface area contributed by atoms with Crippen molar-refractivity contribution in [2.24, 2.45) is 4.99 Å². The molecule has 1 aromatic carbocycles. The minimum Gasteiger partial charge on any atom is -0.497 e. The molecular formula is C17H25ClF3N3O2. The largest absolute Gasteiger partial charge is 0.497 e. The van der Waals surface area contributed by atoms with Crippen molar-refractivity contribution in [1.29, 1.82) is 0 Å². The topological polar surface area (TPSA) is 54.9 Å². The molecule has 5 nitrogen and oxygen atoms in total. The summed E-state index contributed by atoms with van der Waals surface area (Å²) in [6, 6.07) is 5.52. The molecule has 148 valence electrons. The second-order valence-corrected chi connectivity index (χ2v) is 5.82. The van der Waals surface area contributed by atoms with E-state index >= 15 is 0 Å². The van der Waals surface area contributed by atoms with Gasteiger partial charge < -0.3 is 20.1 Å². The first-order chi connectivity index (χ1) is 12.4. The first-order valence-electron chi connectivity index (χ1n) is 8.34. The van der Waals surface area contributed by atoms with Crippen molar-refractivity contribution in [3.63, 3.8) is 0 Å². The number of hydrogen-bond donors (Lipinski definition) is 2. The standard InChI is InChI=1S/C17H25ClF3N3O2/c1-3-22-16(23-8-4-10-26-12-17(19,20)21)24-9-7-13-5-6-14(25-2)11-15(13)18/h5-6,11H,3-4,7-10,12H2,1-2H3,(H2,22,23,24). The van der Waals surface area contributed by atoms with Crippen LogP contribution in [0.15, 0.2) is 23.2 Å². The molecule has 0 spiro atoms. The molecule has 0 saturated carbocycles. The Hall–Kier alpha value is -1.67. The van der Waals surface area contributed by atoms with Gasteiger partial charge in [0.15, 0.2) is 5.96 Å². The minimum absolute atomic E-state index is 0.0177. The summed E-state index contributed by atoms with van der Waals surface area (Å²) in [4.78, 5) is 4.31. The summed E-state index contributed by atoms with van der Waals surface area (Å²) in [6.07, 6.45) is -3.18. The fourth-order valence-electron chi connectivity index (χ4n) is 2.06. The molecule has 0 fully saturated rings. The van der Waals surface area contributed by atoms with Crippen molar-refractivity contribution in [1.82, 2.24) is 10.6 Å². The maximum absolute atomic E-state index is 12.0. The lowest BCUT2D eigenvalue weighted by molar-refractivity contribution is -0.173. The van der Waals surface area contributed by atoms with Gasteiger partial charge >= 0.3 is 6.18 Å². The summed E-state index contributed by atoms with van der Waals surface area (Å²) in [5.74, 6) is 1.31. The van der Waals surface area contributed by atoms with Crippen LogP contribution >= 0.6 is 11.6 Å². The molecular weight excluding hydrogens is 371 g/mol. The van der Waals surface area contributed by atoms with E-state index in [1.165, 1.54) is 0 Å². The van der Waals surface area contributed by atoms with Gasteiger partial charge in [-0.3, -0.25) is 4.99 Å². The molecule has 0 unspecified atom stereocenters. The van der Waals surface area contributed by atoms with Gasteiger partial charge in [-0.25, -0.2) is 0 Å². The molecule has 0 atom stereocenters. The smallest absolute Gasteiger partial charge is 0.411 e. The van der Waals surface area contributed by atoms with Crippen LogP contribution in [0.25, 0.3) is 0 Å². The van der Waals surface area contributed by atoms with Crippen LogP contribution in [-0.2, 0) is 11.2 Å². The van der Waals surface area contributed by atoms with E-state index < -0.39 is 12.8 Å². The summed E-state index contributed by atoms with van der Waals surface area (Å²) in [5.41, 5.74) is 0.983. The SMILES string of the molecule is CCNC(=NCCCOCC(F)(F)F)NCCc1ccc(OC)cc1Cl. The molecule has 0 amide bonds. The van der Waals surface area contributed by atoms with Crippen molar-refractivity contribution in [2.45, 2.75) is 25.9 Å². The molecule has 9 heteroatoms. The molecule has 1 rings (SSSR count). The predicted octanol–water partition coefficient (Wildman–Crippen LogP) is 3.42. The van der Waals surface area contributed by atoms with E-state index in [4.69, 9.17) is 16.3 Å². The Morgan fingerprint density at radius 1 is 1.27 bits per heavy atom. The van der Waals surface area contributed by atoms with Gasteiger partial charge in [-0.15, -0.1) is 0 Å². The fourth-order valence-corrected chi connectivity index (χ4v) is 2.33. The monoisotopic (exact) mass is 395 g/mol. The summed E-state index contributed by atoms with van der Waals surface area (Å²) in [6.45, 7) is 2.39. The van der Waals surface area contributed by atoms with Crippen molar-refractivity contribution >= 4 is 17.6 Å². The van der Waals surface area contributed by atoms with Crippen LogP contribution in [0.3, 0.4) is 0 Å². The van der Waals surface area contributed by atoms with Crippen molar-refractivity contribution in [3.8, 4) is 5.75 Å². The van der Waals surface area contributed by atoms with Crippen LogP contribution in [0.5, 0.6) is 5.75 Å². The number of hydrogen-bond acceptors (Lipinski definition) is 3. The Kier molecular flexibility index (Phi) is 10.2. The zero-order chi connectivity index (χ0) is 19.4. The third kappa shape index (κ3) is 9.72. The van der Waals surface area contributed by atoms with E-state index in [9.17, 15) is 13.2 Å². The molecule has 0 radical (unpaired) electrons. The Morgan fingerprint density at radius 3 is 2.65 bits per heavy atom. The van der Waals surface area contributed by atoms with Gasteiger partial charge in [-0.05, 0) is 37.5 Å². The van der Waals surface area contributed by atoms with Crippen molar-refractivity contribution in [2.75, 3.05) is 40.0 Å². The van der Waals surface area contributed by atoms with Crippen LogP contribution in [-0.4, -0.2) is 52.1 Å². The van der Waals surface area contributed by atoms with Gasteiger partial charge in [0.05, 0.1) is 7.11 Å². The third-order valence-corrected chi connectivity index (χ3v) is 3.63. The Morgan fingerprint density at radius 2 is 2.04 bits per heavy atom. The van der Waals surface area contributed by atoms with E-state index in [1.54, 1.807) is 13.2 Å². The van der Waals surface area contributed by atoms with E-state index in [0.29, 0.717) is 49.2 Å². The highest BCUT2D eigenvalue weighted by atomic mass is 35.5. The molecule has 2 N–H and O–H groups in total. The van der Waals surface area contributed by atoms with Crippen LogP contribution < -0.4 is 15.4 Å². The van der Waals surface area contributed by atoms with Crippen molar-refractivity contribution in [3.05, 3.63) is 28.8 Å². The molecule has 0 saturated heterocycles. The van der Waals surface area contributed by atoms with Crippen LogP contribution in [0.2, 0.25) is 5.02 Å². The first kappa shape index (κ1) is 22.4. The molecule has 0 aromatic heterocycles. The van der Waals surface area contributed by atoms with Gasteiger partial charge in [0.25, 0.3) is 0 Å². The lowest BCUT2D eigenvalue weighted by Crippen LogP contribution is -2.38. The van der Waals surface area contributed by atoms with Gasteiger partial charge in [0.2, 0.25) is 0 Å². The van der Waals surface area contributed by atoms with Crippen LogP contribution in [0, 0.1) is 0 Å². The number of benzene rings is 1. The van der Waals surface area contributed by atoms with E-state index in [0.717, 1.165) is 5.56 Å². The molecule has 1 aromatic rings. The number of ether oxygens (including phenoxy) is 2. The number of aliphatic imine (C=N–C) groups is 1. The third-order valence-electron chi connectivity index (χ3n) is 3.27. The van der Waals surface area contributed by atoms with Gasteiger partial charge in [-0.1, -0.05) is 17.7 Å². The highest BCUT2D eigenvalue weighted by Crippen LogP contribution is 2.22. The van der Waals surface area contributed by atoms with Gasteiger partial charge in [-0.2, -0.15) is 13.2 Å². The zero-order valence-corrected chi connectivity index (χ0v) is 15.7. The number of halogens is 4. The fraction of sp³-hybridized carbons (Fsp3) is 0.588. The van der Waals surface area contributed by atoms with E-state index in [-0.39, 0.29) is 6.61 Å². The second-order valence-electron chi connectivity index (χ2n) is 5.42. The highest BCUT2D eigenvalue weighted by molar-refractivity contribution is 6.31. The predicted molar refractivity (Wildman–Crippen MR) is 97.2 cm³/mol. The lowest BCUT2D eigenvalue weighted by Gasteiger charge is -2.12. The number of nitrogens with zero attached hydrogens (tertiary/aromatic N) is 1. The van der Waals surface area contributed by atoms with Crippen LogP contribution in [0.1, 0.15) is 18.9 Å². The van der Waals surface area contributed by atoms with Gasteiger partial charge in [0, 0.05) is 31.3 Å². The number of nitrogens with one attached hydrogen (secondary N) is 2. The number of guanidine groups is 1. The summed E-state index contributed by atoms with van der Waals surface area (Å²) in [5, 5.41) is 6.88. The Balaban J connectivity index is 2.35. The van der Waals surface area contributed by atoms with Crippen LogP contribution in [0.4, 0.5) is 13.2 Å². The van der Waals surface area contributed by atoms with E-state index in [1.807, 2.05) is 19.1 Å². The number of alkyl halides is 3. The number of methoxy groups -OCH3 is 1. The zero-order valence-electron chi connectivity index (χ0n) is 15.0. The molecule has 0 aliphatic heterocycles. The molecule has 0 aliphatic carbocycles. The van der Waals surface area contributed by atoms with Gasteiger partial charge in [0.1, 0.15) is 12.4 Å². The normalized spacial score (nSPS) is 12.2. The molecule has 0 aliphatic rings. The Labute approximate surface area is 156 Å². The molecule has 0 heterocycles. The average molecular weight is 396 g/mol. The summed E-state index contributed by atoms with van der Waals surface area (Å²) < 4.78 is 45.5. The maximum Gasteiger partial charge on any atom is 0.411 e. The highest BCUT2D eigenvalue weighted by Gasteiger charge is 2.27. The number of rotatable bonds is 10. The lowest BCUT2D eigenvalue weighted by atomic mass is 10.1. The summed E-state index contributed by atoms with van der Waals surface area (Å²) >= 11 is 6.20. The Bertz CT molecular complexity index is 569. The quantitative estimate of drug-likeness (QED) is 0.362. The average Bonchev–Trinajstić information content (AvgIpc) is 2.58.